The second kappa shape index (κ2) is 7.72. The molecule has 0 saturated carbocycles. The number of hydrogen-bond donors (Lipinski definition) is 1. The lowest BCUT2D eigenvalue weighted by Crippen LogP contribution is -2.23. The van der Waals surface area contributed by atoms with Gasteiger partial charge in [0.15, 0.2) is 0 Å². The molecule has 130 valence electrons. The highest BCUT2D eigenvalue weighted by Gasteiger charge is 2.16. The van der Waals surface area contributed by atoms with Gasteiger partial charge in [0.1, 0.15) is 23.9 Å². The Morgan fingerprint density at radius 3 is 2.46 bits per heavy atom. The summed E-state index contributed by atoms with van der Waals surface area (Å²) >= 11 is 6.12. The number of hydrogen-bond acceptors (Lipinski definition) is 4. The third-order valence-electron chi connectivity index (χ3n) is 3.13. The zero-order valence-corrected chi connectivity index (χ0v) is 14.9. The lowest BCUT2D eigenvalue weighted by Gasteiger charge is -2.20. The molecule has 0 atom stereocenters. The fourth-order valence-electron chi connectivity index (χ4n) is 2.07. The van der Waals surface area contributed by atoms with Crippen molar-refractivity contribution in [3.8, 4) is 5.75 Å². The van der Waals surface area contributed by atoms with E-state index in [4.69, 9.17) is 16.3 Å². The Balaban J connectivity index is 2.01. The van der Waals surface area contributed by atoms with Crippen LogP contribution in [0.5, 0.6) is 5.75 Å². The average molecular weight is 373 g/mol. The second-order valence-electron chi connectivity index (χ2n) is 5.25. The highest BCUT2D eigenvalue weighted by atomic mass is 35.5. The number of anilines is 2. The lowest BCUT2D eigenvalue weighted by molar-refractivity contribution is 0.340. The summed E-state index contributed by atoms with van der Waals surface area (Å²) in [5.74, 6) is -0.221. The zero-order chi connectivity index (χ0) is 17.7. The first-order valence-electron chi connectivity index (χ1n) is 7.13. The first-order valence-corrected chi connectivity index (χ1v) is 9.16. The Labute approximate surface area is 146 Å². The van der Waals surface area contributed by atoms with Crippen molar-refractivity contribution < 1.29 is 17.5 Å². The van der Waals surface area contributed by atoms with Crippen molar-refractivity contribution in [1.29, 1.82) is 0 Å². The third kappa shape index (κ3) is 5.01. The van der Waals surface area contributed by atoms with Crippen molar-refractivity contribution in [2.75, 3.05) is 36.1 Å². The monoisotopic (exact) mass is 372 g/mol. The molecule has 2 rings (SSSR count). The molecule has 0 aliphatic heterocycles. The van der Waals surface area contributed by atoms with Crippen LogP contribution in [0.15, 0.2) is 42.5 Å². The van der Waals surface area contributed by atoms with Gasteiger partial charge in [-0.25, -0.2) is 12.8 Å². The molecule has 0 fully saturated rings. The molecule has 5 nitrogen and oxygen atoms in total. The Morgan fingerprint density at radius 2 is 1.83 bits per heavy atom. The molecule has 0 radical (unpaired) electrons. The normalized spacial score (nSPS) is 11.2. The van der Waals surface area contributed by atoms with Crippen LogP contribution in [0.4, 0.5) is 15.8 Å². The summed E-state index contributed by atoms with van der Waals surface area (Å²) in [5.41, 5.74) is 0.983. The Hall–Kier alpha value is -1.99. The van der Waals surface area contributed by atoms with Crippen LogP contribution in [-0.4, -0.2) is 34.9 Å². The number of nitrogens with one attached hydrogen (secondary N) is 1. The highest BCUT2D eigenvalue weighted by Crippen LogP contribution is 2.33. The Kier molecular flexibility index (Phi) is 5.90. The number of halogens is 2. The van der Waals surface area contributed by atoms with Gasteiger partial charge in [-0.2, -0.15) is 0 Å². The summed E-state index contributed by atoms with van der Waals surface area (Å²) in [6, 6.07) is 10.4. The van der Waals surface area contributed by atoms with Crippen molar-refractivity contribution in [2.45, 2.75) is 0 Å². The molecular weight excluding hydrogens is 355 g/mol. The van der Waals surface area contributed by atoms with E-state index < -0.39 is 10.0 Å². The minimum absolute atomic E-state index is 0.0567. The van der Waals surface area contributed by atoms with Gasteiger partial charge in [-0.3, -0.25) is 4.72 Å². The van der Waals surface area contributed by atoms with E-state index >= 15 is 0 Å². The summed E-state index contributed by atoms with van der Waals surface area (Å²) in [6.45, 7) is -0.0567. The topological polar surface area (TPSA) is 58.6 Å². The van der Waals surface area contributed by atoms with E-state index in [1.54, 1.807) is 37.2 Å². The van der Waals surface area contributed by atoms with Crippen LogP contribution < -0.4 is 14.4 Å². The number of ether oxygens (including phenoxy) is 1. The molecule has 0 unspecified atom stereocenters. The van der Waals surface area contributed by atoms with Crippen molar-refractivity contribution in [1.82, 2.24) is 0 Å². The summed E-state index contributed by atoms with van der Waals surface area (Å²) in [7, 11) is -0.0712. The van der Waals surface area contributed by atoms with Crippen LogP contribution in [0.1, 0.15) is 0 Å². The van der Waals surface area contributed by atoms with Gasteiger partial charge >= 0.3 is 0 Å². The maximum atomic E-state index is 12.8. The minimum atomic E-state index is -3.62. The molecule has 0 aliphatic carbocycles. The van der Waals surface area contributed by atoms with Gasteiger partial charge in [0.25, 0.3) is 0 Å². The summed E-state index contributed by atoms with van der Waals surface area (Å²) in [5, 5.41) is 0.447. The van der Waals surface area contributed by atoms with Gasteiger partial charge in [0.05, 0.1) is 16.4 Å². The maximum absolute atomic E-state index is 12.8. The molecule has 0 amide bonds. The van der Waals surface area contributed by atoms with Crippen molar-refractivity contribution in [3.05, 3.63) is 53.3 Å². The van der Waals surface area contributed by atoms with E-state index in [2.05, 4.69) is 4.72 Å². The van der Waals surface area contributed by atoms with Crippen LogP contribution in [0.25, 0.3) is 0 Å². The number of para-hydroxylation sites is 1. The van der Waals surface area contributed by atoms with E-state index in [0.29, 0.717) is 22.1 Å². The largest absolute Gasteiger partial charge is 0.492 e. The van der Waals surface area contributed by atoms with Crippen LogP contribution in [0.3, 0.4) is 0 Å². The molecule has 0 aliphatic rings. The third-order valence-corrected chi connectivity index (χ3v) is 4.67. The van der Waals surface area contributed by atoms with Gasteiger partial charge in [0, 0.05) is 14.1 Å². The van der Waals surface area contributed by atoms with E-state index in [1.165, 1.54) is 24.3 Å². The van der Waals surface area contributed by atoms with E-state index in [-0.39, 0.29) is 18.2 Å². The summed E-state index contributed by atoms with van der Waals surface area (Å²) in [6.07, 6.45) is 0. The van der Waals surface area contributed by atoms with Crippen LogP contribution >= 0.6 is 11.6 Å². The fraction of sp³-hybridized carbons (Fsp3) is 0.250. The minimum Gasteiger partial charge on any atom is -0.492 e. The van der Waals surface area contributed by atoms with Gasteiger partial charge in [-0.15, -0.1) is 0 Å². The van der Waals surface area contributed by atoms with Crippen LogP contribution in [0, 0.1) is 5.82 Å². The van der Waals surface area contributed by atoms with Gasteiger partial charge in [-0.1, -0.05) is 17.7 Å². The molecule has 24 heavy (non-hydrogen) atoms. The molecule has 1 N–H and O–H groups in total. The smallest absolute Gasteiger partial charge is 0.236 e. The zero-order valence-electron chi connectivity index (χ0n) is 13.3. The van der Waals surface area contributed by atoms with E-state index in [1.807, 2.05) is 0 Å². The number of nitrogens with zero attached hydrogens (tertiary/aromatic N) is 1. The van der Waals surface area contributed by atoms with E-state index in [0.717, 1.165) is 0 Å². The standard InChI is InChI=1S/C16H18ClFN2O3S/c1-20(2)16-14(17)4-3-5-15(16)19-24(21,22)11-10-23-13-8-6-12(18)7-9-13/h3-9,19H,10-11H2,1-2H3. The number of sulfonamides is 1. The van der Waals surface area contributed by atoms with Gasteiger partial charge < -0.3 is 9.64 Å². The molecule has 0 aromatic heterocycles. The highest BCUT2D eigenvalue weighted by molar-refractivity contribution is 7.92. The SMILES string of the molecule is CN(C)c1c(Cl)cccc1NS(=O)(=O)CCOc1ccc(F)cc1. The average Bonchev–Trinajstić information content (AvgIpc) is 2.48. The van der Waals surface area contributed by atoms with Gasteiger partial charge in [0.2, 0.25) is 10.0 Å². The summed E-state index contributed by atoms with van der Waals surface area (Å²) in [4.78, 5) is 1.73. The molecule has 0 spiro atoms. The number of rotatable bonds is 7. The molecule has 2 aromatic carbocycles. The Bertz CT molecular complexity index is 795. The molecular formula is C16H18ClFN2O3S. The predicted molar refractivity (Wildman–Crippen MR) is 95.1 cm³/mol. The van der Waals surface area contributed by atoms with Crippen LogP contribution in [-0.2, 0) is 10.0 Å². The van der Waals surface area contributed by atoms with E-state index in [9.17, 15) is 12.8 Å². The quantitative estimate of drug-likeness (QED) is 0.809. The van der Waals surface area contributed by atoms with Crippen molar-refractivity contribution in [2.24, 2.45) is 0 Å². The van der Waals surface area contributed by atoms with Crippen molar-refractivity contribution >= 4 is 33.0 Å². The van der Waals surface area contributed by atoms with Crippen LogP contribution in [0.2, 0.25) is 5.02 Å². The lowest BCUT2D eigenvalue weighted by atomic mass is 10.2. The molecule has 8 heteroatoms. The molecule has 0 bridgehead atoms. The number of benzene rings is 2. The van der Waals surface area contributed by atoms with Gasteiger partial charge in [-0.05, 0) is 36.4 Å². The first-order chi connectivity index (χ1) is 11.3. The molecule has 0 saturated heterocycles. The molecule has 2 aromatic rings. The van der Waals surface area contributed by atoms with Crippen molar-refractivity contribution in [3.63, 3.8) is 0 Å². The second-order valence-corrected chi connectivity index (χ2v) is 7.50. The summed E-state index contributed by atoms with van der Waals surface area (Å²) < 4.78 is 45.1. The fourth-order valence-corrected chi connectivity index (χ4v) is 3.32. The first kappa shape index (κ1) is 18.4. The molecule has 0 heterocycles. The maximum Gasteiger partial charge on any atom is 0.236 e. The Morgan fingerprint density at radius 1 is 1.17 bits per heavy atom. The predicted octanol–water partition coefficient (Wildman–Crippen LogP) is 3.37.